The molecule has 0 aliphatic carbocycles. The Labute approximate surface area is 281 Å². The van der Waals surface area contributed by atoms with E-state index in [0.29, 0.717) is 11.8 Å². The van der Waals surface area contributed by atoms with E-state index in [1.807, 2.05) is 35.8 Å². The molecule has 4 aliphatic rings. The van der Waals surface area contributed by atoms with Crippen LogP contribution in [0, 0.1) is 32.6 Å². The molecule has 4 saturated heterocycles. The molecule has 1 aromatic carbocycles. The lowest BCUT2D eigenvalue weighted by molar-refractivity contribution is -0.142. The van der Waals surface area contributed by atoms with Crippen LogP contribution in [-0.2, 0) is 29.7 Å². The average Bonchev–Trinajstić information content (AvgIpc) is 3.54. The number of amides is 2. The molecule has 0 bridgehead atoms. The highest BCUT2D eigenvalue weighted by Gasteiger charge is 2.37. The predicted octanol–water partition coefficient (Wildman–Crippen LogP) is 3.28. The van der Waals surface area contributed by atoms with E-state index < -0.39 is 0 Å². The summed E-state index contributed by atoms with van der Waals surface area (Å²) in [5.74, 6) is 3.29. The molecule has 0 spiro atoms. The van der Waals surface area contributed by atoms with Crippen molar-refractivity contribution in [3.8, 4) is 0 Å². The Kier molecular flexibility index (Phi) is 10.7. The molecule has 46 heavy (non-hydrogen) atoms. The fourth-order valence-electron chi connectivity index (χ4n) is 6.70. The van der Waals surface area contributed by atoms with Crippen LogP contribution < -0.4 is 4.90 Å². The minimum absolute atomic E-state index is 0.162. The lowest BCUT2D eigenvalue weighted by Crippen LogP contribution is -2.57. The van der Waals surface area contributed by atoms with Crippen molar-refractivity contribution in [2.45, 2.75) is 33.9 Å². The van der Waals surface area contributed by atoms with Crippen molar-refractivity contribution >= 4 is 40.6 Å². The van der Waals surface area contributed by atoms with Crippen LogP contribution in [0.1, 0.15) is 26.8 Å². The van der Waals surface area contributed by atoms with Crippen LogP contribution in [0.2, 0.25) is 0 Å². The van der Waals surface area contributed by atoms with Crippen molar-refractivity contribution < 1.29 is 9.59 Å². The second-order valence-corrected chi connectivity index (χ2v) is 15.5. The normalized spacial score (nSPS) is 19.8. The predicted molar refractivity (Wildman–Crippen MR) is 186 cm³/mol. The number of hydrogen-bond acceptors (Lipinski definition) is 9. The number of rotatable bonds is 7. The highest BCUT2D eigenvalue weighted by molar-refractivity contribution is 7.99. The number of nitrogens with zero attached hydrogens (tertiary/aromatic N) is 8. The van der Waals surface area contributed by atoms with Crippen LogP contribution in [-0.4, -0.2) is 123 Å². The topological polar surface area (TPSA) is 81.0 Å². The molecule has 3 aromatic rings. The van der Waals surface area contributed by atoms with E-state index in [9.17, 15) is 9.59 Å². The summed E-state index contributed by atoms with van der Waals surface area (Å²) in [5.41, 5.74) is 4.86. The van der Waals surface area contributed by atoms with Gasteiger partial charge in [0.15, 0.2) is 0 Å². The summed E-state index contributed by atoms with van der Waals surface area (Å²) in [6.07, 6.45) is 1.94. The molecule has 0 radical (unpaired) electrons. The Hall–Kier alpha value is -2.93. The molecule has 12 heteroatoms. The Bertz CT molecular complexity index is 1470. The molecular weight excluding hydrogens is 617 g/mol. The number of thioether (sulfide) groups is 1. The van der Waals surface area contributed by atoms with Crippen molar-refractivity contribution in [1.29, 1.82) is 0 Å². The van der Waals surface area contributed by atoms with Crippen LogP contribution in [0.25, 0.3) is 0 Å². The molecule has 0 atom stereocenters. The molecule has 2 amide bonds. The van der Waals surface area contributed by atoms with Crippen molar-refractivity contribution in [2.24, 2.45) is 18.9 Å². The van der Waals surface area contributed by atoms with Crippen LogP contribution >= 0.6 is 23.1 Å². The summed E-state index contributed by atoms with van der Waals surface area (Å²) in [7, 11) is 1.97. The Morgan fingerprint density at radius 3 is 1.93 bits per heavy atom. The summed E-state index contributed by atoms with van der Waals surface area (Å²) in [4.78, 5) is 42.1. The summed E-state index contributed by atoms with van der Waals surface area (Å²) in [5, 5.41) is 5.43. The summed E-state index contributed by atoms with van der Waals surface area (Å²) in [6, 6.07) is 10.5. The number of anilines is 1. The first kappa shape index (κ1) is 33.0. The largest absolute Gasteiger partial charge is 0.368 e. The number of hydrogen-bond donors (Lipinski definition) is 0. The van der Waals surface area contributed by atoms with E-state index in [-0.39, 0.29) is 11.8 Å². The van der Waals surface area contributed by atoms with Crippen LogP contribution in [0.4, 0.5) is 5.69 Å². The number of carbonyl (C=O) groups is 2. The van der Waals surface area contributed by atoms with E-state index in [4.69, 9.17) is 0 Å². The van der Waals surface area contributed by atoms with Gasteiger partial charge in [0.05, 0.1) is 28.7 Å². The molecule has 10 nitrogen and oxygen atoms in total. The van der Waals surface area contributed by atoms with E-state index in [2.05, 4.69) is 79.6 Å². The lowest BCUT2D eigenvalue weighted by Gasteiger charge is -2.43. The number of likely N-dealkylation sites (tertiary alicyclic amines) is 2. The molecular formula is C34H48N8O2S2. The first-order valence-corrected chi connectivity index (χ1v) is 18.5. The van der Waals surface area contributed by atoms with E-state index >= 15 is 0 Å². The quantitative estimate of drug-likeness (QED) is 0.381. The second-order valence-electron chi connectivity index (χ2n) is 13.0. The molecule has 0 N–H and O–H groups in total. The van der Waals surface area contributed by atoms with Gasteiger partial charge in [0.1, 0.15) is 0 Å². The fourth-order valence-corrected chi connectivity index (χ4v) is 8.58. The highest BCUT2D eigenvalue weighted by atomic mass is 32.2. The summed E-state index contributed by atoms with van der Waals surface area (Å²) < 4.78 is 1.91. The number of thiazole rings is 1. The highest BCUT2D eigenvalue weighted by Crippen LogP contribution is 2.26. The Morgan fingerprint density at radius 1 is 0.804 bits per heavy atom. The Morgan fingerprint density at radius 2 is 1.39 bits per heavy atom. The van der Waals surface area contributed by atoms with Crippen LogP contribution in [0.15, 0.2) is 36.5 Å². The zero-order valence-electron chi connectivity index (χ0n) is 27.7. The number of carbonyl (C=O) groups excluding carboxylic acids is 2. The molecule has 0 unspecified atom stereocenters. The molecule has 0 saturated carbocycles. The maximum absolute atomic E-state index is 12.8. The SMILES string of the molecule is Cc1c(CN2CC(C(=O)N3CCN(c4ccccc4)CC3)C2)cnn1C.Cc1nc(C)c(CN2CC(C(=O)N3CCSCC3)C2)s1. The molecule has 7 rings (SSSR count). The maximum atomic E-state index is 12.8. The van der Waals surface area contributed by atoms with E-state index in [1.165, 1.54) is 21.8 Å². The van der Waals surface area contributed by atoms with Crippen LogP contribution in [0.5, 0.6) is 0 Å². The number of aryl methyl sites for hydroxylation is 3. The van der Waals surface area contributed by atoms with Gasteiger partial charge in [-0.3, -0.25) is 24.1 Å². The van der Waals surface area contributed by atoms with Gasteiger partial charge >= 0.3 is 0 Å². The molecule has 6 heterocycles. The number of benzene rings is 1. The zero-order valence-corrected chi connectivity index (χ0v) is 29.4. The number of piperazine rings is 1. The molecule has 4 aliphatic heterocycles. The van der Waals surface area contributed by atoms with Gasteiger partial charge in [0, 0.05) is 119 Å². The molecule has 4 fully saturated rings. The van der Waals surface area contributed by atoms with Gasteiger partial charge in [-0.15, -0.1) is 11.3 Å². The van der Waals surface area contributed by atoms with E-state index in [1.54, 1.807) is 11.3 Å². The van der Waals surface area contributed by atoms with Crippen molar-refractivity contribution in [3.05, 3.63) is 63.4 Å². The summed E-state index contributed by atoms with van der Waals surface area (Å²) >= 11 is 3.73. The van der Waals surface area contributed by atoms with Gasteiger partial charge in [-0.05, 0) is 32.9 Å². The first-order valence-electron chi connectivity index (χ1n) is 16.6. The zero-order chi connectivity index (χ0) is 32.2. The third-order valence-electron chi connectivity index (χ3n) is 9.75. The third kappa shape index (κ3) is 7.78. The smallest absolute Gasteiger partial charge is 0.228 e. The van der Waals surface area contributed by atoms with Gasteiger partial charge in [-0.25, -0.2) is 4.98 Å². The average molecular weight is 665 g/mol. The van der Waals surface area contributed by atoms with Crippen molar-refractivity contribution in [1.82, 2.24) is 34.4 Å². The van der Waals surface area contributed by atoms with Crippen LogP contribution in [0.3, 0.4) is 0 Å². The van der Waals surface area contributed by atoms with Crippen molar-refractivity contribution in [3.63, 3.8) is 0 Å². The van der Waals surface area contributed by atoms with Crippen molar-refractivity contribution in [2.75, 3.05) is 81.9 Å². The van der Waals surface area contributed by atoms with Gasteiger partial charge in [0.25, 0.3) is 0 Å². The minimum Gasteiger partial charge on any atom is -0.368 e. The second kappa shape index (κ2) is 14.9. The van der Waals surface area contributed by atoms with E-state index in [0.717, 1.165) is 101 Å². The van der Waals surface area contributed by atoms with Gasteiger partial charge in [-0.2, -0.15) is 16.9 Å². The standard InChI is InChI=1S/C20H27N5O.C14H21N3OS2/c1-16-17(12-21-22(16)2)13-23-14-18(15-23)20(26)25-10-8-24(9-11-25)19-6-4-3-5-7-19;1-10-13(20-11(2)15-10)9-16-7-12(8-16)14(18)17-3-5-19-6-4-17/h3-7,12,18H,8-11,13-15H2,1-2H3;12H,3-9H2,1-2H3. The first-order chi connectivity index (χ1) is 22.2. The number of aromatic nitrogens is 3. The van der Waals surface area contributed by atoms with Gasteiger partial charge in [0.2, 0.25) is 11.8 Å². The third-order valence-corrected chi connectivity index (χ3v) is 11.7. The molecule has 248 valence electrons. The maximum Gasteiger partial charge on any atom is 0.228 e. The number of para-hydroxylation sites is 1. The fraction of sp³-hybridized carbons (Fsp3) is 0.588. The van der Waals surface area contributed by atoms with Gasteiger partial charge < -0.3 is 14.7 Å². The summed E-state index contributed by atoms with van der Waals surface area (Å²) in [6.45, 7) is 17.0. The monoisotopic (exact) mass is 664 g/mol. The minimum atomic E-state index is 0.162. The van der Waals surface area contributed by atoms with Gasteiger partial charge in [-0.1, -0.05) is 18.2 Å². The Balaban J connectivity index is 0.000000167. The lowest BCUT2D eigenvalue weighted by atomic mass is 9.97. The molecule has 2 aromatic heterocycles.